The number of allylic oxidation sites excluding steroid dienone is 4. The zero-order valence-electron chi connectivity index (χ0n) is 28.4. The van der Waals surface area contributed by atoms with Gasteiger partial charge in [0.25, 0.3) is 0 Å². The fourth-order valence-electron chi connectivity index (χ4n) is 4.84. The zero-order valence-corrected chi connectivity index (χ0v) is 30.7. The van der Waals surface area contributed by atoms with Crippen molar-refractivity contribution < 1.29 is 21.1 Å². The smallest absolute Gasteiger partial charge is 0.662 e. The molecule has 0 amide bonds. The molecule has 4 nitrogen and oxygen atoms in total. The Kier molecular flexibility index (Phi) is 10.1. The molecular formula is C39H46N4Pt. The molecule has 0 saturated carbocycles. The van der Waals surface area contributed by atoms with Gasteiger partial charge < -0.3 is 5.32 Å². The van der Waals surface area contributed by atoms with E-state index in [9.17, 15) is 5.26 Å². The minimum Gasteiger partial charge on any atom is -0.662 e. The molecule has 2 aromatic heterocycles. The first-order chi connectivity index (χ1) is 19.8. The van der Waals surface area contributed by atoms with E-state index < -0.39 is 0 Å². The van der Waals surface area contributed by atoms with Crippen molar-refractivity contribution in [2.45, 2.75) is 99.3 Å². The number of aromatic nitrogens is 2. The maximum atomic E-state index is 10.7. The number of hydrogen-bond acceptors (Lipinski definition) is 3. The molecule has 0 N–H and O–H groups in total. The third-order valence-electron chi connectivity index (χ3n) is 7.85. The molecule has 0 saturated heterocycles. The van der Waals surface area contributed by atoms with E-state index in [1.807, 2.05) is 18.5 Å². The van der Waals surface area contributed by atoms with Gasteiger partial charge in [0.1, 0.15) is 0 Å². The molecule has 0 unspecified atom stereocenters. The molecule has 0 radical (unpaired) electrons. The van der Waals surface area contributed by atoms with Gasteiger partial charge in [0, 0.05) is 23.8 Å². The van der Waals surface area contributed by atoms with Crippen LogP contribution in [0.2, 0.25) is 0 Å². The Hall–Kier alpha value is -3.28. The molecule has 44 heavy (non-hydrogen) atoms. The summed E-state index contributed by atoms with van der Waals surface area (Å²) in [4.78, 5) is 9.43. The van der Waals surface area contributed by atoms with Crippen LogP contribution in [0.4, 0.5) is 0 Å². The largest absolute Gasteiger partial charge is 2.00 e. The Balaban J connectivity index is 0.00000529. The SMILES string of the molecule is CC(C)(C)C1=C/C(=C(\C#N)c2[c-]c(-c3cc(C(C)(C)C)ccn3)cc(C(C)(C)C)c2)[N-]C(c2cc(C(C)(C)C)ccn2)=C1.[Pt+2]. The van der Waals surface area contributed by atoms with Crippen molar-refractivity contribution in [1.82, 2.24) is 9.97 Å². The summed E-state index contributed by atoms with van der Waals surface area (Å²) in [6.07, 6.45) is 7.87. The molecule has 0 spiro atoms. The van der Waals surface area contributed by atoms with E-state index in [2.05, 4.69) is 138 Å². The fourth-order valence-corrected chi connectivity index (χ4v) is 4.84. The first-order valence-electron chi connectivity index (χ1n) is 15.1. The van der Waals surface area contributed by atoms with E-state index >= 15 is 0 Å². The minimum absolute atomic E-state index is 0. The van der Waals surface area contributed by atoms with Gasteiger partial charge in [-0.05, 0) is 62.1 Å². The second-order valence-corrected chi connectivity index (χ2v) is 15.7. The molecule has 0 bridgehead atoms. The summed E-state index contributed by atoms with van der Waals surface area (Å²) in [5, 5.41) is 15.7. The number of pyridine rings is 2. The Morgan fingerprint density at radius 2 is 1.20 bits per heavy atom. The molecule has 3 aromatic rings. The summed E-state index contributed by atoms with van der Waals surface area (Å²) in [6, 6.07) is 18.7. The second kappa shape index (κ2) is 12.6. The molecule has 5 heteroatoms. The third-order valence-corrected chi connectivity index (χ3v) is 7.85. The van der Waals surface area contributed by atoms with Gasteiger partial charge >= 0.3 is 21.1 Å². The van der Waals surface area contributed by atoms with Gasteiger partial charge in [-0.25, -0.2) is 5.26 Å². The van der Waals surface area contributed by atoms with E-state index in [1.165, 1.54) is 11.1 Å². The van der Waals surface area contributed by atoms with E-state index in [4.69, 9.17) is 15.3 Å². The zero-order chi connectivity index (χ0) is 32.0. The van der Waals surface area contributed by atoms with Crippen molar-refractivity contribution in [1.29, 1.82) is 5.26 Å². The van der Waals surface area contributed by atoms with E-state index in [-0.39, 0.29) is 42.7 Å². The first-order valence-corrected chi connectivity index (χ1v) is 15.1. The predicted molar refractivity (Wildman–Crippen MR) is 180 cm³/mol. The molecule has 0 aliphatic carbocycles. The molecule has 4 rings (SSSR count). The molecule has 0 atom stereocenters. The first kappa shape index (κ1) is 35.2. The van der Waals surface area contributed by atoms with Crippen LogP contribution in [0.3, 0.4) is 0 Å². The number of nitriles is 1. The van der Waals surface area contributed by atoms with Gasteiger partial charge in [-0.2, -0.15) is 5.70 Å². The number of rotatable bonds is 3. The van der Waals surface area contributed by atoms with Crippen LogP contribution in [0.1, 0.15) is 111 Å². The predicted octanol–water partition coefficient (Wildman–Crippen LogP) is 10.5. The van der Waals surface area contributed by atoms with Crippen molar-refractivity contribution in [3.8, 4) is 17.3 Å². The average Bonchev–Trinajstić information content (AvgIpc) is 2.91. The Morgan fingerprint density at radius 1 is 0.682 bits per heavy atom. The maximum absolute atomic E-state index is 10.7. The van der Waals surface area contributed by atoms with Crippen LogP contribution in [0.5, 0.6) is 0 Å². The molecular weight excluding hydrogens is 720 g/mol. The molecule has 232 valence electrons. The van der Waals surface area contributed by atoms with Crippen molar-refractivity contribution >= 4 is 11.3 Å². The summed E-state index contributed by atoms with van der Waals surface area (Å²) >= 11 is 0. The Labute approximate surface area is 280 Å². The number of nitrogens with zero attached hydrogens (tertiary/aromatic N) is 4. The minimum atomic E-state index is -0.159. The molecule has 1 aliphatic heterocycles. The van der Waals surface area contributed by atoms with E-state index in [0.29, 0.717) is 16.8 Å². The van der Waals surface area contributed by atoms with Crippen molar-refractivity contribution in [2.24, 2.45) is 5.41 Å². The van der Waals surface area contributed by atoms with Crippen LogP contribution in [-0.4, -0.2) is 9.97 Å². The number of benzene rings is 1. The van der Waals surface area contributed by atoms with Crippen LogP contribution in [0, 0.1) is 22.8 Å². The average molecular weight is 766 g/mol. The van der Waals surface area contributed by atoms with Gasteiger partial charge in [0.2, 0.25) is 0 Å². The quantitative estimate of drug-likeness (QED) is 0.197. The maximum Gasteiger partial charge on any atom is 2.00 e. The Bertz CT molecular complexity index is 1670. The standard InChI is InChI=1S/C39H46N4.Pt/c1-36(2,3)27-13-15-41-32(20-27)26-17-25(18-29(19-26)38(7,8)9)31(24-40)33-22-30(39(10,11)12)23-35(43-33)34-21-28(14-16-42-34)37(4,5)6;/h13-16,18-23H,1-12H3;/q-2;+2/b33-31-;. The van der Waals surface area contributed by atoms with Crippen LogP contribution in [-0.2, 0) is 37.3 Å². The van der Waals surface area contributed by atoms with Crippen molar-refractivity contribution in [2.75, 3.05) is 0 Å². The second-order valence-electron chi connectivity index (χ2n) is 15.7. The summed E-state index contributed by atoms with van der Waals surface area (Å²) in [5.74, 6) is 0. The molecule has 0 fully saturated rings. The van der Waals surface area contributed by atoms with E-state index in [1.54, 1.807) is 0 Å². The number of hydrogen-bond donors (Lipinski definition) is 0. The van der Waals surface area contributed by atoms with Gasteiger partial charge in [-0.3, -0.25) is 9.97 Å². The topological polar surface area (TPSA) is 63.7 Å². The summed E-state index contributed by atoms with van der Waals surface area (Å²) in [5.41, 5.74) is 9.34. The van der Waals surface area contributed by atoms with E-state index in [0.717, 1.165) is 33.8 Å². The normalized spacial score (nSPS) is 15.3. The Morgan fingerprint density at radius 3 is 1.70 bits per heavy atom. The monoisotopic (exact) mass is 765 g/mol. The summed E-state index contributed by atoms with van der Waals surface area (Å²) in [7, 11) is 0. The third kappa shape index (κ3) is 8.05. The molecule has 3 heterocycles. The molecule has 1 aromatic carbocycles. The van der Waals surface area contributed by atoms with Crippen LogP contribution in [0.15, 0.2) is 72.2 Å². The van der Waals surface area contributed by atoms with Crippen molar-refractivity contribution in [3.63, 3.8) is 0 Å². The van der Waals surface area contributed by atoms with Gasteiger partial charge in [0.15, 0.2) is 0 Å². The fraction of sp³-hybridized carbons (Fsp3) is 0.410. The summed E-state index contributed by atoms with van der Waals surface area (Å²) < 4.78 is 0. The van der Waals surface area contributed by atoms with Crippen LogP contribution < -0.4 is 0 Å². The van der Waals surface area contributed by atoms with Crippen LogP contribution in [0.25, 0.3) is 27.8 Å². The van der Waals surface area contributed by atoms with Gasteiger partial charge in [-0.15, -0.1) is 35.0 Å². The van der Waals surface area contributed by atoms with Gasteiger partial charge in [-0.1, -0.05) is 107 Å². The van der Waals surface area contributed by atoms with Gasteiger partial charge in [0.05, 0.1) is 6.07 Å². The van der Waals surface area contributed by atoms with Crippen LogP contribution >= 0.6 is 0 Å². The summed E-state index contributed by atoms with van der Waals surface area (Å²) in [6.45, 7) is 26.3. The van der Waals surface area contributed by atoms with Crippen molar-refractivity contribution in [3.05, 3.63) is 112 Å². The molecule has 1 aliphatic rings.